The van der Waals surface area contributed by atoms with Crippen LogP contribution in [0.1, 0.15) is 31.2 Å². The predicted octanol–water partition coefficient (Wildman–Crippen LogP) is 2.20. The van der Waals surface area contributed by atoms with Crippen molar-refractivity contribution in [3.8, 4) is 0 Å². The molecule has 116 valence electrons. The van der Waals surface area contributed by atoms with Crippen LogP contribution in [0, 0.1) is 0 Å². The first-order valence-corrected chi connectivity index (χ1v) is 9.30. The number of benzene rings is 1. The maximum atomic E-state index is 12.7. The molecular weight excluding hydrogens is 286 g/mol. The molecule has 5 heteroatoms. The molecular formula is C16H23NO3S. The number of ether oxygens (including phenoxy) is 1. The van der Waals surface area contributed by atoms with Crippen LogP contribution in [0.5, 0.6) is 0 Å². The first-order valence-electron chi connectivity index (χ1n) is 7.80. The van der Waals surface area contributed by atoms with Crippen molar-refractivity contribution >= 4 is 10.0 Å². The van der Waals surface area contributed by atoms with Crippen molar-refractivity contribution in [1.29, 1.82) is 0 Å². The zero-order valence-electron chi connectivity index (χ0n) is 12.3. The Morgan fingerprint density at radius 3 is 2.71 bits per heavy atom. The van der Waals surface area contributed by atoms with E-state index in [2.05, 4.69) is 12.1 Å². The Bertz CT molecular complexity index is 552. The molecule has 0 amide bonds. The van der Waals surface area contributed by atoms with Crippen LogP contribution in [-0.2, 0) is 21.2 Å². The van der Waals surface area contributed by atoms with E-state index >= 15 is 0 Å². The van der Waals surface area contributed by atoms with E-state index in [1.807, 2.05) is 18.2 Å². The van der Waals surface area contributed by atoms with E-state index in [-0.39, 0.29) is 11.3 Å². The van der Waals surface area contributed by atoms with Gasteiger partial charge in [0.1, 0.15) is 5.25 Å². The third-order valence-corrected chi connectivity index (χ3v) is 6.92. The minimum absolute atomic E-state index is 0.163. The van der Waals surface area contributed by atoms with E-state index in [0.29, 0.717) is 26.2 Å². The minimum Gasteiger partial charge on any atom is -0.380 e. The maximum Gasteiger partial charge on any atom is 0.219 e. The van der Waals surface area contributed by atoms with Crippen LogP contribution in [0.2, 0.25) is 0 Å². The molecule has 2 aliphatic rings. The Morgan fingerprint density at radius 1 is 1.19 bits per heavy atom. The van der Waals surface area contributed by atoms with E-state index in [0.717, 1.165) is 25.7 Å². The number of sulfonamides is 1. The SMILES string of the molecule is O=S(=O)([C@@H]1CCOC1)N1CCC[C@H]1CCc1ccccc1. The van der Waals surface area contributed by atoms with Crippen LogP contribution in [-0.4, -0.2) is 43.8 Å². The summed E-state index contributed by atoms with van der Waals surface area (Å²) in [6, 6.07) is 10.5. The molecule has 2 aliphatic heterocycles. The van der Waals surface area contributed by atoms with Crippen LogP contribution in [0.15, 0.2) is 30.3 Å². The van der Waals surface area contributed by atoms with Gasteiger partial charge in [-0.25, -0.2) is 8.42 Å². The third kappa shape index (κ3) is 3.30. The highest BCUT2D eigenvalue weighted by Gasteiger charge is 2.40. The lowest BCUT2D eigenvalue weighted by molar-refractivity contribution is 0.197. The highest BCUT2D eigenvalue weighted by atomic mass is 32.2. The maximum absolute atomic E-state index is 12.7. The fourth-order valence-electron chi connectivity index (χ4n) is 3.35. The van der Waals surface area contributed by atoms with Gasteiger partial charge < -0.3 is 4.74 Å². The fourth-order valence-corrected chi connectivity index (χ4v) is 5.41. The molecule has 0 radical (unpaired) electrons. The van der Waals surface area contributed by atoms with Gasteiger partial charge in [0.05, 0.1) is 6.61 Å². The summed E-state index contributed by atoms with van der Waals surface area (Å²) in [5.41, 5.74) is 1.28. The lowest BCUT2D eigenvalue weighted by atomic mass is 10.0. The van der Waals surface area contributed by atoms with Crippen LogP contribution in [0.25, 0.3) is 0 Å². The largest absolute Gasteiger partial charge is 0.380 e. The average molecular weight is 309 g/mol. The van der Waals surface area contributed by atoms with Crippen molar-refractivity contribution < 1.29 is 13.2 Å². The number of hydrogen-bond donors (Lipinski definition) is 0. The zero-order valence-corrected chi connectivity index (χ0v) is 13.1. The highest BCUT2D eigenvalue weighted by molar-refractivity contribution is 7.89. The second-order valence-electron chi connectivity index (χ2n) is 5.96. The van der Waals surface area contributed by atoms with E-state index in [1.54, 1.807) is 4.31 Å². The van der Waals surface area contributed by atoms with Crippen molar-refractivity contribution in [1.82, 2.24) is 4.31 Å². The lowest BCUT2D eigenvalue weighted by Gasteiger charge is -2.26. The van der Waals surface area contributed by atoms with Gasteiger partial charge in [-0.3, -0.25) is 0 Å². The summed E-state index contributed by atoms with van der Waals surface area (Å²) in [5.74, 6) is 0. The van der Waals surface area contributed by atoms with Gasteiger partial charge in [-0.2, -0.15) is 4.31 Å². The molecule has 2 fully saturated rings. The predicted molar refractivity (Wildman–Crippen MR) is 82.6 cm³/mol. The Balaban J connectivity index is 1.65. The van der Waals surface area contributed by atoms with Gasteiger partial charge >= 0.3 is 0 Å². The van der Waals surface area contributed by atoms with Gasteiger partial charge in [0.25, 0.3) is 0 Å². The topological polar surface area (TPSA) is 46.6 Å². The van der Waals surface area contributed by atoms with Gasteiger partial charge in [0.15, 0.2) is 0 Å². The summed E-state index contributed by atoms with van der Waals surface area (Å²) >= 11 is 0. The second kappa shape index (κ2) is 6.46. The molecule has 1 aromatic carbocycles. The second-order valence-corrected chi connectivity index (χ2v) is 8.13. The molecule has 1 aromatic rings. The molecule has 3 rings (SSSR count). The van der Waals surface area contributed by atoms with E-state index in [4.69, 9.17) is 4.74 Å². The third-order valence-electron chi connectivity index (χ3n) is 4.57. The summed E-state index contributed by atoms with van der Waals surface area (Å²) in [6.45, 7) is 1.62. The van der Waals surface area contributed by atoms with Crippen LogP contribution in [0.3, 0.4) is 0 Å². The summed E-state index contributed by atoms with van der Waals surface area (Å²) in [4.78, 5) is 0. The molecule has 0 aliphatic carbocycles. The molecule has 0 saturated carbocycles. The van der Waals surface area contributed by atoms with Crippen molar-refractivity contribution in [2.75, 3.05) is 19.8 Å². The van der Waals surface area contributed by atoms with Crippen LogP contribution >= 0.6 is 0 Å². The van der Waals surface area contributed by atoms with E-state index < -0.39 is 10.0 Å². The summed E-state index contributed by atoms with van der Waals surface area (Å²) in [6.07, 6.45) is 4.46. The quantitative estimate of drug-likeness (QED) is 0.838. The first-order chi connectivity index (χ1) is 10.2. The standard InChI is InChI=1S/C16H23NO3S/c18-21(19,16-10-12-20-13-16)17-11-4-7-15(17)9-8-14-5-2-1-3-6-14/h1-3,5-6,15-16H,4,7-13H2/t15-,16+/m0/s1. The van der Waals surface area contributed by atoms with Crippen molar-refractivity contribution in [2.45, 2.75) is 43.4 Å². The average Bonchev–Trinajstić information content (AvgIpc) is 3.18. The van der Waals surface area contributed by atoms with Crippen LogP contribution < -0.4 is 0 Å². The first kappa shape index (κ1) is 15.0. The lowest BCUT2D eigenvalue weighted by Crippen LogP contribution is -2.42. The van der Waals surface area contributed by atoms with Gasteiger partial charge in [-0.1, -0.05) is 30.3 Å². The molecule has 0 bridgehead atoms. The van der Waals surface area contributed by atoms with Gasteiger partial charge in [0.2, 0.25) is 10.0 Å². The molecule has 0 unspecified atom stereocenters. The van der Waals surface area contributed by atoms with E-state index in [1.165, 1.54) is 5.56 Å². The molecule has 0 spiro atoms. The molecule has 0 N–H and O–H groups in total. The van der Waals surface area contributed by atoms with Gasteiger partial charge in [-0.15, -0.1) is 0 Å². The zero-order chi connectivity index (χ0) is 14.7. The minimum atomic E-state index is -3.18. The molecule has 2 atom stereocenters. The van der Waals surface area contributed by atoms with Crippen molar-refractivity contribution in [2.24, 2.45) is 0 Å². The Labute approximate surface area is 127 Å². The molecule has 21 heavy (non-hydrogen) atoms. The van der Waals surface area contributed by atoms with Crippen molar-refractivity contribution in [3.05, 3.63) is 35.9 Å². The molecule has 4 nitrogen and oxygen atoms in total. The number of aryl methyl sites for hydroxylation is 1. The summed E-state index contributed by atoms with van der Waals surface area (Å²) in [7, 11) is -3.18. The summed E-state index contributed by atoms with van der Waals surface area (Å²) in [5, 5.41) is -0.324. The number of nitrogens with zero attached hydrogens (tertiary/aromatic N) is 1. The van der Waals surface area contributed by atoms with Gasteiger partial charge in [0, 0.05) is 19.2 Å². The van der Waals surface area contributed by atoms with Crippen molar-refractivity contribution in [3.63, 3.8) is 0 Å². The number of hydrogen-bond acceptors (Lipinski definition) is 3. The molecule has 2 heterocycles. The number of rotatable bonds is 5. The fraction of sp³-hybridized carbons (Fsp3) is 0.625. The smallest absolute Gasteiger partial charge is 0.219 e. The van der Waals surface area contributed by atoms with Gasteiger partial charge in [-0.05, 0) is 37.7 Å². The van der Waals surface area contributed by atoms with E-state index in [9.17, 15) is 8.42 Å². The Morgan fingerprint density at radius 2 is 2.00 bits per heavy atom. The molecule has 2 saturated heterocycles. The van der Waals surface area contributed by atoms with Crippen LogP contribution in [0.4, 0.5) is 0 Å². The highest BCUT2D eigenvalue weighted by Crippen LogP contribution is 2.29. The normalized spacial score (nSPS) is 27.2. The molecule has 0 aromatic heterocycles. The monoisotopic (exact) mass is 309 g/mol. The summed E-state index contributed by atoms with van der Waals surface area (Å²) < 4.78 is 32.4. The Hall–Kier alpha value is -0.910. The Kier molecular flexibility index (Phi) is 4.62.